The van der Waals surface area contributed by atoms with Crippen molar-refractivity contribution in [3.63, 3.8) is 0 Å². The van der Waals surface area contributed by atoms with Crippen molar-refractivity contribution < 1.29 is 23.1 Å². The maximum absolute atomic E-state index is 13.3. The zero-order valence-electron chi connectivity index (χ0n) is 15.3. The maximum atomic E-state index is 13.3. The summed E-state index contributed by atoms with van der Waals surface area (Å²) in [4.78, 5) is 23.8. The van der Waals surface area contributed by atoms with Gasteiger partial charge in [-0.15, -0.1) is 0 Å². The first-order valence-corrected chi connectivity index (χ1v) is 10.5. The van der Waals surface area contributed by atoms with Gasteiger partial charge in [0.2, 0.25) is 0 Å². The number of amides is 1. The molecule has 4 aromatic rings. The number of hydrogen-bond acceptors (Lipinski definition) is 4. The minimum absolute atomic E-state index is 0.000931. The van der Waals surface area contributed by atoms with Crippen LogP contribution in [0.5, 0.6) is 0 Å². The molecule has 148 valence electrons. The van der Waals surface area contributed by atoms with E-state index in [1.165, 1.54) is 18.2 Å². The van der Waals surface area contributed by atoms with Gasteiger partial charge in [0.05, 0.1) is 16.1 Å². The third-order valence-electron chi connectivity index (χ3n) is 5.16. The smallest absolute Gasteiger partial charge is 0.336 e. The zero-order chi connectivity index (χ0) is 21.0. The molecule has 0 bridgehead atoms. The number of nitrogens with one attached hydrogen (secondary N) is 2. The average molecular weight is 418 g/mol. The van der Waals surface area contributed by atoms with Crippen molar-refractivity contribution in [3.05, 3.63) is 77.9 Å². The first-order valence-electron chi connectivity index (χ1n) is 9.02. The summed E-state index contributed by atoms with van der Waals surface area (Å²) in [6.45, 7) is 0. The molecular weight excluding hydrogens is 404 g/mol. The van der Waals surface area contributed by atoms with Gasteiger partial charge in [-0.25, -0.2) is 13.2 Å². The summed E-state index contributed by atoms with van der Waals surface area (Å²) in [7, 11) is -4.08. The first-order chi connectivity index (χ1) is 14.4. The van der Waals surface area contributed by atoms with Gasteiger partial charge >= 0.3 is 5.97 Å². The molecule has 3 N–H and O–H groups in total. The highest BCUT2D eigenvalue weighted by molar-refractivity contribution is 7.93. The average Bonchev–Trinajstić information content (AvgIpc) is 3.05. The highest BCUT2D eigenvalue weighted by Gasteiger charge is 2.27. The molecule has 5 rings (SSSR count). The third-order valence-corrected chi connectivity index (χ3v) is 6.59. The van der Waals surface area contributed by atoms with Crippen LogP contribution >= 0.6 is 0 Å². The van der Waals surface area contributed by atoms with Crippen LogP contribution in [0.15, 0.2) is 71.6 Å². The second-order valence-corrected chi connectivity index (χ2v) is 8.56. The number of aromatic carboxylic acids is 1. The number of sulfonamides is 1. The van der Waals surface area contributed by atoms with Crippen molar-refractivity contribution in [3.8, 4) is 0 Å². The standard InChI is InChI=1S/C22H14N2O5S/c25-21-14-7-3-6-13-18(11-10-16(23-21)20(13)14)30(28,29)24-17-9-2-5-12-4-1-8-15(19(12)17)22(26)27/h1-11,24H,(H,23,25)(H,26,27). The van der Waals surface area contributed by atoms with E-state index in [1.54, 1.807) is 48.5 Å². The topological polar surface area (TPSA) is 113 Å². The van der Waals surface area contributed by atoms with Crippen LogP contribution in [0.25, 0.3) is 21.5 Å². The lowest BCUT2D eigenvalue weighted by Gasteiger charge is -2.14. The molecule has 0 unspecified atom stereocenters. The quantitative estimate of drug-likeness (QED) is 0.463. The second-order valence-electron chi connectivity index (χ2n) is 6.91. The van der Waals surface area contributed by atoms with Crippen molar-refractivity contribution in [1.82, 2.24) is 0 Å². The number of benzene rings is 4. The van der Waals surface area contributed by atoms with Gasteiger partial charge in [-0.1, -0.05) is 36.4 Å². The summed E-state index contributed by atoms with van der Waals surface area (Å²) in [5, 5.41) is 14.1. The summed E-state index contributed by atoms with van der Waals surface area (Å²) in [5.74, 6) is -1.43. The van der Waals surface area contributed by atoms with Crippen LogP contribution in [-0.4, -0.2) is 25.4 Å². The molecule has 0 atom stereocenters. The zero-order valence-corrected chi connectivity index (χ0v) is 16.2. The molecule has 0 radical (unpaired) electrons. The summed E-state index contributed by atoms with van der Waals surface area (Å²) in [5.41, 5.74) is 1.14. The Hall–Kier alpha value is -3.91. The Morgan fingerprint density at radius 3 is 2.40 bits per heavy atom. The van der Waals surface area contributed by atoms with Gasteiger partial charge in [-0.3, -0.25) is 9.52 Å². The number of hydrogen-bond donors (Lipinski definition) is 3. The van der Waals surface area contributed by atoms with Gasteiger partial charge in [0.15, 0.2) is 0 Å². The first kappa shape index (κ1) is 18.1. The highest BCUT2D eigenvalue weighted by atomic mass is 32.2. The lowest BCUT2D eigenvalue weighted by atomic mass is 10.0. The van der Waals surface area contributed by atoms with E-state index in [-0.39, 0.29) is 22.1 Å². The minimum atomic E-state index is -4.08. The number of rotatable bonds is 4. The van der Waals surface area contributed by atoms with Crippen molar-refractivity contribution in [2.75, 3.05) is 10.0 Å². The van der Waals surface area contributed by atoms with E-state index in [2.05, 4.69) is 10.0 Å². The third kappa shape index (κ3) is 2.61. The van der Waals surface area contributed by atoms with E-state index in [9.17, 15) is 23.1 Å². The SMILES string of the molecule is O=C(O)c1cccc2cccc(NS(=O)(=O)c3ccc4c5c(cccc35)C(=O)N4)c12. The van der Waals surface area contributed by atoms with Gasteiger partial charge in [-0.05, 0) is 35.7 Å². The lowest BCUT2D eigenvalue weighted by Crippen LogP contribution is -2.14. The van der Waals surface area contributed by atoms with Gasteiger partial charge in [0.25, 0.3) is 15.9 Å². The van der Waals surface area contributed by atoms with Crippen molar-refractivity contribution in [2.24, 2.45) is 0 Å². The minimum Gasteiger partial charge on any atom is -0.478 e. The molecule has 0 spiro atoms. The van der Waals surface area contributed by atoms with Gasteiger partial charge in [-0.2, -0.15) is 0 Å². The summed E-state index contributed by atoms with van der Waals surface area (Å²) in [6, 6.07) is 17.5. The molecule has 0 saturated heterocycles. The van der Waals surface area contributed by atoms with Crippen LogP contribution in [0.2, 0.25) is 0 Å². The molecule has 0 fully saturated rings. The van der Waals surface area contributed by atoms with Gasteiger partial charge < -0.3 is 10.4 Å². The van der Waals surface area contributed by atoms with Gasteiger partial charge in [0, 0.05) is 27.4 Å². The Morgan fingerprint density at radius 2 is 1.63 bits per heavy atom. The number of fused-ring (bicyclic) bond motifs is 1. The molecule has 1 aliphatic heterocycles. The molecule has 8 heteroatoms. The van der Waals surface area contributed by atoms with E-state index in [0.29, 0.717) is 32.8 Å². The van der Waals surface area contributed by atoms with Gasteiger partial charge in [0.1, 0.15) is 0 Å². The predicted molar refractivity (Wildman–Crippen MR) is 114 cm³/mol. The lowest BCUT2D eigenvalue weighted by molar-refractivity contribution is 0.0698. The molecule has 30 heavy (non-hydrogen) atoms. The van der Waals surface area contributed by atoms with E-state index in [1.807, 2.05) is 0 Å². The molecule has 1 amide bonds. The maximum Gasteiger partial charge on any atom is 0.336 e. The Morgan fingerprint density at radius 1 is 0.900 bits per heavy atom. The van der Waals surface area contributed by atoms with Crippen molar-refractivity contribution in [1.29, 1.82) is 0 Å². The molecule has 0 saturated carbocycles. The van der Waals surface area contributed by atoms with Crippen LogP contribution in [0.3, 0.4) is 0 Å². The Kier molecular flexibility index (Phi) is 3.81. The van der Waals surface area contributed by atoms with E-state index >= 15 is 0 Å². The summed E-state index contributed by atoms with van der Waals surface area (Å²) < 4.78 is 29.1. The fourth-order valence-corrected chi connectivity index (χ4v) is 5.18. The van der Waals surface area contributed by atoms with E-state index < -0.39 is 16.0 Å². The molecule has 4 aromatic carbocycles. The molecule has 1 heterocycles. The van der Waals surface area contributed by atoms with E-state index in [0.717, 1.165) is 0 Å². The Bertz CT molecular complexity index is 1500. The van der Waals surface area contributed by atoms with Crippen LogP contribution in [0.1, 0.15) is 20.7 Å². The number of carbonyl (C=O) groups excluding carboxylic acids is 1. The molecular formula is C22H14N2O5S. The summed E-state index contributed by atoms with van der Waals surface area (Å²) >= 11 is 0. The highest BCUT2D eigenvalue weighted by Crippen LogP contribution is 2.37. The second kappa shape index (κ2) is 6.30. The Labute approximate surface area is 171 Å². The monoisotopic (exact) mass is 418 g/mol. The molecule has 1 aliphatic rings. The number of carbonyl (C=O) groups is 2. The van der Waals surface area contributed by atoms with Crippen molar-refractivity contribution in [2.45, 2.75) is 4.90 Å². The predicted octanol–water partition coefficient (Wildman–Crippen LogP) is 4.06. The van der Waals surface area contributed by atoms with Crippen LogP contribution < -0.4 is 10.0 Å². The normalized spacial score (nSPS) is 12.9. The van der Waals surface area contributed by atoms with E-state index in [4.69, 9.17) is 0 Å². The fourth-order valence-electron chi connectivity index (χ4n) is 3.90. The van der Waals surface area contributed by atoms with Crippen molar-refractivity contribution >= 4 is 54.8 Å². The molecule has 0 aliphatic carbocycles. The largest absolute Gasteiger partial charge is 0.478 e. The van der Waals surface area contributed by atoms with Crippen LogP contribution in [0, 0.1) is 0 Å². The number of carboxylic acid groups (broad SMARTS) is 1. The number of carboxylic acids is 1. The number of anilines is 2. The van der Waals surface area contributed by atoms with Crippen LogP contribution in [0.4, 0.5) is 11.4 Å². The summed E-state index contributed by atoms with van der Waals surface area (Å²) in [6.07, 6.45) is 0. The molecule has 7 nitrogen and oxygen atoms in total. The van der Waals surface area contributed by atoms with Crippen LogP contribution in [-0.2, 0) is 10.0 Å². The molecule has 0 aromatic heterocycles. The Balaban J connectivity index is 1.70. The fraction of sp³-hybridized carbons (Fsp3) is 0.